The lowest BCUT2D eigenvalue weighted by Gasteiger charge is -2.53. The smallest absolute Gasteiger partial charge is 0.264 e. The van der Waals surface area contributed by atoms with E-state index in [4.69, 9.17) is 21.1 Å². The van der Waals surface area contributed by atoms with Gasteiger partial charge in [-0.3, -0.25) is 19.5 Å². The molecule has 0 spiro atoms. The number of carbonyl (C=O) groups is 1. The molecule has 1 N–H and O–H groups in total. The molecule has 0 aromatic heterocycles. The van der Waals surface area contributed by atoms with Crippen LogP contribution in [0.15, 0.2) is 48.6 Å². The molecule has 2 aromatic carbocycles. The minimum atomic E-state index is -3.96. The molecule has 55 heavy (non-hydrogen) atoms. The van der Waals surface area contributed by atoms with Crippen LogP contribution in [0.5, 0.6) is 5.75 Å². The molecule has 10 nitrogen and oxygen atoms in total. The van der Waals surface area contributed by atoms with E-state index < -0.39 is 26.8 Å². The van der Waals surface area contributed by atoms with Crippen molar-refractivity contribution >= 4 is 33.2 Å². The van der Waals surface area contributed by atoms with Crippen molar-refractivity contribution in [3.05, 3.63) is 70.3 Å². The van der Waals surface area contributed by atoms with E-state index in [1.807, 2.05) is 44.4 Å². The zero-order valence-corrected chi connectivity index (χ0v) is 35.1. The maximum absolute atomic E-state index is 13.7. The van der Waals surface area contributed by atoms with Gasteiger partial charge in [-0.1, -0.05) is 36.7 Å². The summed E-state index contributed by atoms with van der Waals surface area (Å²) in [6, 6.07) is 12.4. The highest BCUT2D eigenvalue weighted by atomic mass is 35.5. The molecule has 12 heteroatoms. The summed E-state index contributed by atoms with van der Waals surface area (Å²) in [6.45, 7) is 17.4. The summed E-state index contributed by atoms with van der Waals surface area (Å²) in [5.41, 5.74) is 2.89. The number of amides is 1. The van der Waals surface area contributed by atoms with Crippen LogP contribution >= 0.6 is 11.6 Å². The van der Waals surface area contributed by atoms with Gasteiger partial charge in [0, 0.05) is 88.7 Å². The number of sulfonamides is 1. The van der Waals surface area contributed by atoms with Gasteiger partial charge >= 0.3 is 0 Å². The Balaban J connectivity index is 1.23. The van der Waals surface area contributed by atoms with E-state index in [0.29, 0.717) is 42.3 Å². The van der Waals surface area contributed by atoms with Crippen molar-refractivity contribution in [3.63, 3.8) is 0 Å². The Morgan fingerprint density at radius 1 is 0.982 bits per heavy atom. The average molecular weight is 797 g/mol. The Kier molecular flexibility index (Phi) is 12.6. The van der Waals surface area contributed by atoms with Gasteiger partial charge in [0.05, 0.1) is 10.9 Å². The molecule has 1 aliphatic carbocycles. The number of allylic oxidation sites excluding steroid dienone is 1. The van der Waals surface area contributed by atoms with Gasteiger partial charge < -0.3 is 14.4 Å². The third-order valence-electron chi connectivity index (χ3n) is 13.6. The molecule has 3 fully saturated rings. The van der Waals surface area contributed by atoms with E-state index in [1.165, 1.54) is 5.56 Å². The second-order valence-electron chi connectivity index (χ2n) is 17.2. The molecule has 2 saturated heterocycles. The number of benzene rings is 2. The van der Waals surface area contributed by atoms with E-state index in [9.17, 15) is 13.2 Å². The molecule has 2 bridgehead atoms. The molecule has 7 rings (SSSR count). The molecule has 0 radical (unpaired) electrons. The summed E-state index contributed by atoms with van der Waals surface area (Å²) in [7, 11) is -2.09. The molecule has 4 aliphatic heterocycles. The van der Waals surface area contributed by atoms with Crippen molar-refractivity contribution in [2.45, 2.75) is 95.8 Å². The van der Waals surface area contributed by atoms with E-state index in [-0.39, 0.29) is 11.8 Å². The largest absolute Gasteiger partial charge is 0.487 e. The summed E-state index contributed by atoms with van der Waals surface area (Å²) in [5.74, 6) is 0.472. The number of carbonyl (C=O) groups excluding carboxylic acids is 1. The predicted octanol–water partition coefficient (Wildman–Crippen LogP) is 6.23. The zero-order chi connectivity index (χ0) is 38.9. The van der Waals surface area contributed by atoms with Gasteiger partial charge in [-0.2, -0.15) is 0 Å². The number of hydrogen-bond acceptors (Lipinski definition) is 9. The van der Waals surface area contributed by atoms with E-state index in [2.05, 4.69) is 50.3 Å². The van der Waals surface area contributed by atoms with Crippen molar-refractivity contribution in [2.24, 2.45) is 17.8 Å². The maximum Gasteiger partial charge on any atom is 0.264 e. The molecule has 5 aliphatic rings. The first-order valence-electron chi connectivity index (χ1n) is 20.6. The fourth-order valence-corrected chi connectivity index (χ4v) is 11.1. The summed E-state index contributed by atoms with van der Waals surface area (Å²) in [4.78, 5) is 24.0. The number of nitrogens with one attached hydrogen (secondary N) is 1. The minimum absolute atomic E-state index is 0.219. The van der Waals surface area contributed by atoms with Crippen LogP contribution in [0.1, 0.15) is 81.3 Å². The summed E-state index contributed by atoms with van der Waals surface area (Å²) in [6.07, 6.45) is 9.97. The van der Waals surface area contributed by atoms with Gasteiger partial charge in [0.2, 0.25) is 10.0 Å². The molecule has 1 amide bonds. The standard InChI is InChI=1S/C43H62ClN5O5S/c1-30(2)48-22-21-47-20-19-46(26-38(47)27-48)29-43(53-5)17-8-9-31(3)32(4)55(51,52)45-42(50)34-13-16-41-40(24-34)49(25-35-12-15-39(35)43)18-7-6-10-33-23-37(44)14-11-36(33)28-54-41/h8,11,13-14,16-17,23-24,30-32,35,38-39H,6-7,9-10,12,15,18-22,25-29H2,1-5H3,(H,45,50)/b17-8+/t31-,32+,35-,38+,39+,43+/m0/s1. The van der Waals surface area contributed by atoms with Crippen molar-refractivity contribution < 1.29 is 22.7 Å². The van der Waals surface area contributed by atoms with Crippen LogP contribution in [0.25, 0.3) is 0 Å². The Hall–Kier alpha value is -2.67. The Morgan fingerprint density at radius 3 is 2.56 bits per heavy atom. The molecule has 4 heterocycles. The first kappa shape index (κ1) is 40.5. The summed E-state index contributed by atoms with van der Waals surface area (Å²) in [5, 5.41) is -0.0572. The average Bonchev–Trinajstić information content (AvgIpc) is 3.18. The molecule has 302 valence electrons. The number of methoxy groups -OCH3 is 1. The fraction of sp³-hybridized carbons (Fsp3) is 0.651. The van der Waals surface area contributed by atoms with E-state index in [0.717, 1.165) is 107 Å². The Morgan fingerprint density at radius 2 is 1.80 bits per heavy atom. The highest BCUT2D eigenvalue weighted by Gasteiger charge is 2.49. The van der Waals surface area contributed by atoms with Crippen molar-refractivity contribution in [2.75, 3.05) is 70.9 Å². The van der Waals surface area contributed by atoms with E-state index in [1.54, 1.807) is 13.0 Å². The summed E-state index contributed by atoms with van der Waals surface area (Å²) < 4.78 is 43.1. The molecular weight excluding hydrogens is 734 g/mol. The number of nitrogens with zero attached hydrogens (tertiary/aromatic N) is 4. The van der Waals surface area contributed by atoms with Crippen LogP contribution in [-0.4, -0.2) is 118 Å². The number of fused-ring (bicyclic) bond motifs is 4. The Labute approximate surface area is 334 Å². The first-order valence-corrected chi connectivity index (χ1v) is 22.6. The van der Waals surface area contributed by atoms with Gasteiger partial charge in [0.15, 0.2) is 0 Å². The molecule has 6 atom stereocenters. The zero-order valence-electron chi connectivity index (χ0n) is 33.5. The van der Waals surface area contributed by atoms with Gasteiger partial charge in [0.1, 0.15) is 18.0 Å². The normalized spacial score (nSPS) is 31.8. The number of anilines is 1. The monoisotopic (exact) mass is 795 g/mol. The minimum Gasteiger partial charge on any atom is -0.487 e. The van der Waals surface area contributed by atoms with Gasteiger partial charge in [-0.15, -0.1) is 0 Å². The van der Waals surface area contributed by atoms with Crippen LogP contribution in [0, 0.1) is 17.8 Å². The van der Waals surface area contributed by atoms with E-state index >= 15 is 0 Å². The molecule has 0 unspecified atom stereocenters. The van der Waals surface area contributed by atoms with Crippen molar-refractivity contribution in [1.29, 1.82) is 0 Å². The van der Waals surface area contributed by atoms with Gasteiger partial charge in [-0.25, -0.2) is 13.1 Å². The second kappa shape index (κ2) is 17.0. The van der Waals surface area contributed by atoms with Crippen LogP contribution in [-0.2, 0) is 27.8 Å². The third kappa shape index (κ3) is 8.92. The van der Waals surface area contributed by atoms with Crippen molar-refractivity contribution in [3.8, 4) is 5.75 Å². The number of hydrogen-bond donors (Lipinski definition) is 1. The fourth-order valence-electron chi connectivity index (χ4n) is 9.64. The lowest BCUT2D eigenvalue weighted by atomic mass is 9.63. The quantitative estimate of drug-likeness (QED) is 0.362. The first-order chi connectivity index (χ1) is 26.4. The number of piperazine rings is 2. The third-order valence-corrected chi connectivity index (χ3v) is 15.7. The van der Waals surface area contributed by atoms with Crippen LogP contribution in [0.4, 0.5) is 5.69 Å². The lowest BCUT2D eigenvalue weighted by Crippen LogP contribution is -2.65. The highest BCUT2D eigenvalue weighted by Crippen LogP contribution is 2.47. The topological polar surface area (TPSA) is 94.7 Å². The highest BCUT2D eigenvalue weighted by molar-refractivity contribution is 7.90. The van der Waals surface area contributed by atoms with Gasteiger partial charge in [-0.05, 0) is 119 Å². The van der Waals surface area contributed by atoms with Crippen molar-refractivity contribution in [1.82, 2.24) is 19.4 Å². The van der Waals surface area contributed by atoms with Crippen LogP contribution < -0.4 is 14.4 Å². The summed E-state index contributed by atoms with van der Waals surface area (Å²) >= 11 is 6.43. The molecule has 2 aromatic rings. The molecular formula is C43H62ClN5O5S. The van der Waals surface area contributed by atoms with Gasteiger partial charge in [0.25, 0.3) is 5.91 Å². The number of ether oxygens (including phenoxy) is 2. The molecule has 1 saturated carbocycles. The van der Waals surface area contributed by atoms with Crippen LogP contribution in [0.2, 0.25) is 5.02 Å². The maximum atomic E-state index is 13.7. The Bertz CT molecular complexity index is 1820. The lowest BCUT2D eigenvalue weighted by molar-refractivity contribution is -0.102. The number of aryl methyl sites for hydroxylation is 1. The SMILES string of the molecule is CO[C@@]1(CN2CCN3CCN(C(C)C)C[C@H]3C2)/C=C/C[C@H](C)[C@@H](C)S(=O)(=O)NC(=O)c2ccc3c(c2)N(CCCCc2cc(Cl)ccc2CO3)C[C@@H]2CC[C@H]21. The second-order valence-corrected chi connectivity index (χ2v) is 19.7. The van der Waals surface area contributed by atoms with Crippen LogP contribution in [0.3, 0.4) is 0 Å². The number of halogens is 1. The number of rotatable bonds is 4. The predicted molar refractivity (Wildman–Crippen MR) is 221 cm³/mol.